The number of ketones is 1. The molecule has 1 aliphatic heterocycles. The molecule has 2 aromatic carbocycles. The molecule has 1 N–H and O–H groups in total. The molecule has 1 aliphatic rings. The molecule has 1 saturated heterocycles. The fraction of sp³-hybridized carbons (Fsp3) is 0.360. The number of carbonyl (C=O) groups excluding carboxylic acids is 2. The highest BCUT2D eigenvalue weighted by Crippen LogP contribution is 2.39. The summed E-state index contributed by atoms with van der Waals surface area (Å²) in [5.74, 6) is -1.33. The van der Waals surface area contributed by atoms with E-state index in [0.29, 0.717) is 18.7 Å². The lowest BCUT2D eigenvalue weighted by molar-refractivity contribution is -0.140. The summed E-state index contributed by atoms with van der Waals surface area (Å²) in [4.78, 5) is 31.8. The summed E-state index contributed by atoms with van der Waals surface area (Å²) in [6.45, 7) is 6.96. The largest absolute Gasteiger partial charge is 0.507 e. The van der Waals surface area contributed by atoms with Crippen molar-refractivity contribution in [2.45, 2.75) is 19.9 Å². The Kier molecular flexibility index (Phi) is 7.13. The van der Waals surface area contributed by atoms with Crippen LogP contribution in [-0.2, 0) is 9.59 Å². The quantitative estimate of drug-likeness (QED) is 0.401. The second kappa shape index (κ2) is 9.79. The SMILES string of the molecule is CCN(CC)CCN1C(=O)C(=O)/C(=C(/O)c2ccccc2)C1c1ccc(N(C)C)cc1. The van der Waals surface area contributed by atoms with E-state index in [1.165, 1.54) is 0 Å². The summed E-state index contributed by atoms with van der Waals surface area (Å²) in [7, 11) is 3.92. The smallest absolute Gasteiger partial charge is 0.295 e. The zero-order valence-electron chi connectivity index (χ0n) is 18.7. The number of anilines is 1. The van der Waals surface area contributed by atoms with Gasteiger partial charge in [-0.15, -0.1) is 0 Å². The van der Waals surface area contributed by atoms with Crippen molar-refractivity contribution in [1.82, 2.24) is 9.80 Å². The predicted molar refractivity (Wildman–Crippen MR) is 124 cm³/mol. The maximum atomic E-state index is 13.0. The highest BCUT2D eigenvalue weighted by Gasteiger charge is 2.45. The topological polar surface area (TPSA) is 64.1 Å². The van der Waals surface area contributed by atoms with Crippen LogP contribution in [0.2, 0.25) is 0 Å². The first kappa shape index (κ1) is 22.6. The molecule has 0 aromatic heterocycles. The van der Waals surface area contributed by atoms with Crippen molar-refractivity contribution in [3.63, 3.8) is 0 Å². The van der Waals surface area contributed by atoms with Gasteiger partial charge in [0.25, 0.3) is 11.7 Å². The molecule has 2 aromatic rings. The van der Waals surface area contributed by atoms with Crippen LogP contribution in [0.1, 0.15) is 31.0 Å². The summed E-state index contributed by atoms with van der Waals surface area (Å²) < 4.78 is 0. The number of likely N-dealkylation sites (N-methyl/N-ethyl adjacent to an activating group) is 1. The summed E-state index contributed by atoms with van der Waals surface area (Å²) >= 11 is 0. The van der Waals surface area contributed by atoms with Crippen molar-refractivity contribution in [2.24, 2.45) is 0 Å². The molecule has 3 rings (SSSR count). The number of Topliss-reactive ketones (excluding diaryl/α,β-unsaturated/α-hetero) is 1. The Morgan fingerprint density at radius 3 is 2.13 bits per heavy atom. The molecule has 0 aliphatic carbocycles. The van der Waals surface area contributed by atoms with Crippen molar-refractivity contribution < 1.29 is 14.7 Å². The summed E-state index contributed by atoms with van der Waals surface area (Å²) in [6.07, 6.45) is 0. The monoisotopic (exact) mass is 421 g/mol. The van der Waals surface area contributed by atoms with Crippen LogP contribution in [0.15, 0.2) is 60.2 Å². The zero-order valence-corrected chi connectivity index (χ0v) is 18.7. The Hall–Kier alpha value is -3.12. The molecule has 6 nitrogen and oxygen atoms in total. The van der Waals surface area contributed by atoms with Gasteiger partial charge in [-0.25, -0.2) is 0 Å². The third-order valence-corrected chi connectivity index (χ3v) is 5.86. The number of hydrogen-bond acceptors (Lipinski definition) is 5. The van der Waals surface area contributed by atoms with Crippen molar-refractivity contribution in [1.29, 1.82) is 0 Å². The fourth-order valence-corrected chi connectivity index (χ4v) is 3.95. The third-order valence-electron chi connectivity index (χ3n) is 5.86. The lowest BCUT2D eigenvalue weighted by Gasteiger charge is -2.28. The molecule has 0 saturated carbocycles. The molecule has 6 heteroatoms. The van der Waals surface area contributed by atoms with Crippen molar-refractivity contribution >= 4 is 23.1 Å². The Bertz CT molecular complexity index is 948. The van der Waals surface area contributed by atoms with Crippen LogP contribution in [0.3, 0.4) is 0 Å². The Morgan fingerprint density at radius 1 is 0.968 bits per heavy atom. The van der Waals surface area contributed by atoms with Crippen molar-refractivity contribution in [3.8, 4) is 0 Å². The van der Waals surface area contributed by atoms with Gasteiger partial charge in [0.15, 0.2) is 0 Å². The van der Waals surface area contributed by atoms with Crippen LogP contribution in [0, 0.1) is 0 Å². The summed E-state index contributed by atoms with van der Waals surface area (Å²) in [5, 5.41) is 11.0. The highest BCUT2D eigenvalue weighted by atomic mass is 16.3. The van der Waals surface area contributed by atoms with Gasteiger partial charge >= 0.3 is 0 Å². The van der Waals surface area contributed by atoms with Gasteiger partial charge in [0, 0.05) is 38.4 Å². The second-order valence-electron chi connectivity index (χ2n) is 7.87. The first-order chi connectivity index (χ1) is 14.9. The maximum absolute atomic E-state index is 13.0. The molecule has 1 atom stereocenters. The average molecular weight is 422 g/mol. The van der Waals surface area contributed by atoms with E-state index in [2.05, 4.69) is 18.7 Å². The molecule has 0 spiro atoms. The molecule has 1 heterocycles. The number of rotatable bonds is 8. The number of likely N-dealkylation sites (tertiary alicyclic amines) is 1. The summed E-state index contributed by atoms with van der Waals surface area (Å²) in [5.41, 5.74) is 2.50. The highest BCUT2D eigenvalue weighted by molar-refractivity contribution is 6.46. The van der Waals surface area contributed by atoms with Gasteiger partial charge in [-0.05, 0) is 30.8 Å². The van der Waals surface area contributed by atoms with Gasteiger partial charge in [0.05, 0.1) is 11.6 Å². The number of aliphatic hydroxyl groups excluding tert-OH is 1. The lowest BCUT2D eigenvalue weighted by atomic mass is 9.95. The predicted octanol–water partition coefficient (Wildman–Crippen LogP) is 3.52. The van der Waals surface area contributed by atoms with E-state index in [0.717, 1.165) is 24.3 Å². The molecule has 0 bridgehead atoms. The van der Waals surface area contributed by atoms with Crippen LogP contribution in [-0.4, -0.2) is 66.9 Å². The van der Waals surface area contributed by atoms with E-state index in [4.69, 9.17) is 0 Å². The minimum atomic E-state index is -0.636. The molecule has 31 heavy (non-hydrogen) atoms. The average Bonchev–Trinajstić information content (AvgIpc) is 3.04. The molecule has 0 radical (unpaired) electrons. The van der Waals surface area contributed by atoms with Crippen LogP contribution in [0.5, 0.6) is 0 Å². The number of nitrogens with zero attached hydrogens (tertiary/aromatic N) is 3. The van der Waals surface area contributed by atoms with Gasteiger partial charge in [-0.1, -0.05) is 56.3 Å². The van der Waals surface area contributed by atoms with E-state index in [1.807, 2.05) is 49.3 Å². The number of carbonyl (C=O) groups is 2. The van der Waals surface area contributed by atoms with E-state index in [-0.39, 0.29) is 11.3 Å². The first-order valence-electron chi connectivity index (χ1n) is 10.7. The molecular formula is C25H31N3O3. The van der Waals surface area contributed by atoms with Crippen LogP contribution >= 0.6 is 0 Å². The molecule has 1 unspecified atom stereocenters. The van der Waals surface area contributed by atoms with Gasteiger partial charge in [-0.3, -0.25) is 9.59 Å². The van der Waals surface area contributed by atoms with Crippen LogP contribution < -0.4 is 4.90 Å². The molecular weight excluding hydrogens is 390 g/mol. The Balaban J connectivity index is 2.08. The molecule has 164 valence electrons. The fourth-order valence-electron chi connectivity index (χ4n) is 3.95. The number of amides is 1. The van der Waals surface area contributed by atoms with E-state index in [9.17, 15) is 14.7 Å². The van der Waals surface area contributed by atoms with E-state index < -0.39 is 17.7 Å². The lowest BCUT2D eigenvalue weighted by Crippen LogP contribution is -2.38. The second-order valence-corrected chi connectivity index (χ2v) is 7.87. The van der Waals surface area contributed by atoms with Gasteiger partial charge in [0.2, 0.25) is 0 Å². The van der Waals surface area contributed by atoms with Crippen LogP contribution in [0.25, 0.3) is 5.76 Å². The zero-order chi connectivity index (χ0) is 22.5. The first-order valence-corrected chi connectivity index (χ1v) is 10.7. The number of hydrogen-bond donors (Lipinski definition) is 1. The summed E-state index contributed by atoms with van der Waals surface area (Å²) in [6, 6.07) is 16.1. The third kappa shape index (κ3) is 4.64. The van der Waals surface area contributed by atoms with Gasteiger partial charge in [-0.2, -0.15) is 0 Å². The van der Waals surface area contributed by atoms with Gasteiger partial charge in [0.1, 0.15) is 5.76 Å². The van der Waals surface area contributed by atoms with E-state index >= 15 is 0 Å². The number of aliphatic hydroxyl groups is 1. The van der Waals surface area contributed by atoms with Crippen molar-refractivity contribution in [3.05, 3.63) is 71.3 Å². The Labute approximate surface area is 184 Å². The van der Waals surface area contributed by atoms with Crippen molar-refractivity contribution in [2.75, 3.05) is 45.2 Å². The normalized spacial score (nSPS) is 18.1. The Morgan fingerprint density at radius 2 is 1.58 bits per heavy atom. The minimum absolute atomic E-state index is 0.133. The minimum Gasteiger partial charge on any atom is -0.507 e. The standard InChI is InChI=1S/C25H31N3O3/c1-5-27(6-2)16-17-28-22(18-12-14-20(15-13-18)26(3)4)21(24(30)25(28)31)23(29)19-10-8-7-9-11-19/h7-15,22,29H,5-6,16-17H2,1-4H3/b23-21+. The molecule has 1 amide bonds. The van der Waals surface area contributed by atoms with E-state index in [1.54, 1.807) is 29.2 Å². The van der Waals surface area contributed by atoms with Crippen LogP contribution in [0.4, 0.5) is 5.69 Å². The maximum Gasteiger partial charge on any atom is 0.295 e. The number of benzene rings is 2. The van der Waals surface area contributed by atoms with Gasteiger partial charge < -0.3 is 19.8 Å². The molecule has 1 fully saturated rings.